The molecule has 1 aromatic carbocycles. The molecule has 0 aliphatic heterocycles. The summed E-state index contributed by atoms with van der Waals surface area (Å²) in [4.78, 5) is 14.4. The molecule has 0 saturated carbocycles. The molecule has 3 rings (SSSR count). The molecule has 0 spiro atoms. The van der Waals surface area contributed by atoms with Crippen molar-refractivity contribution in [3.63, 3.8) is 0 Å². The van der Waals surface area contributed by atoms with E-state index in [9.17, 15) is 10.1 Å². The molecule has 0 bridgehead atoms. The third-order valence-corrected chi connectivity index (χ3v) is 3.70. The normalized spacial score (nSPS) is 10.5. The molecule has 7 nitrogen and oxygen atoms in total. The number of hydrogen-bond donors (Lipinski definition) is 0. The maximum absolute atomic E-state index is 10.6. The van der Waals surface area contributed by atoms with E-state index >= 15 is 0 Å². The first-order valence-corrected chi connectivity index (χ1v) is 7.32. The first-order chi connectivity index (χ1) is 10.7. The number of nitrogens with zero attached hydrogens (tertiary/aromatic N) is 4. The molecule has 0 unspecified atom stereocenters. The van der Waals surface area contributed by atoms with Crippen LogP contribution in [0.15, 0.2) is 58.1 Å². The van der Waals surface area contributed by atoms with Crippen LogP contribution in [0.25, 0.3) is 11.5 Å². The molecule has 0 fully saturated rings. The SMILES string of the molecule is O=[N+]([O-])c1ccc(-c2nnc(CSc3ccccn3)o2)cc1. The second kappa shape index (κ2) is 6.35. The molecular weight excluding hydrogens is 304 g/mol. The van der Waals surface area contributed by atoms with Crippen molar-refractivity contribution >= 4 is 17.4 Å². The van der Waals surface area contributed by atoms with Crippen LogP contribution >= 0.6 is 11.8 Å². The van der Waals surface area contributed by atoms with Crippen molar-refractivity contribution in [2.75, 3.05) is 0 Å². The summed E-state index contributed by atoms with van der Waals surface area (Å²) in [7, 11) is 0. The van der Waals surface area contributed by atoms with Gasteiger partial charge < -0.3 is 4.42 Å². The summed E-state index contributed by atoms with van der Waals surface area (Å²) < 4.78 is 5.55. The second-order valence-electron chi connectivity index (χ2n) is 4.26. The number of hydrogen-bond acceptors (Lipinski definition) is 7. The predicted molar refractivity (Wildman–Crippen MR) is 80.2 cm³/mol. The predicted octanol–water partition coefficient (Wildman–Crippen LogP) is 3.33. The largest absolute Gasteiger partial charge is 0.420 e. The van der Waals surface area contributed by atoms with Gasteiger partial charge in [-0.1, -0.05) is 17.8 Å². The van der Waals surface area contributed by atoms with E-state index in [2.05, 4.69) is 15.2 Å². The minimum Gasteiger partial charge on any atom is -0.420 e. The summed E-state index contributed by atoms with van der Waals surface area (Å²) in [6, 6.07) is 11.6. The zero-order chi connectivity index (χ0) is 15.4. The van der Waals surface area contributed by atoms with Crippen molar-refractivity contribution in [3.05, 3.63) is 64.7 Å². The van der Waals surface area contributed by atoms with Gasteiger partial charge in [-0.05, 0) is 24.3 Å². The number of pyridine rings is 1. The number of nitro benzene ring substituents is 1. The summed E-state index contributed by atoms with van der Waals surface area (Å²) in [6.07, 6.45) is 1.72. The summed E-state index contributed by atoms with van der Waals surface area (Å²) in [5, 5.41) is 19.4. The van der Waals surface area contributed by atoms with Crippen LogP contribution in [0.2, 0.25) is 0 Å². The molecule has 0 aliphatic rings. The Balaban J connectivity index is 1.69. The Morgan fingerprint density at radius 1 is 1.14 bits per heavy atom. The fourth-order valence-electron chi connectivity index (χ4n) is 1.72. The average molecular weight is 314 g/mol. The topological polar surface area (TPSA) is 95.0 Å². The standard InChI is InChI=1S/C14H10N4O3S/c19-18(20)11-6-4-10(5-7-11)14-17-16-12(21-14)9-22-13-3-1-2-8-15-13/h1-8H,9H2. The quantitative estimate of drug-likeness (QED) is 0.405. The van der Waals surface area contributed by atoms with Gasteiger partial charge in [0.25, 0.3) is 5.69 Å². The van der Waals surface area contributed by atoms with Crippen LogP contribution in [0.3, 0.4) is 0 Å². The van der Waals surface area contributed by atoms with Gasteiger partial charge in [-0.2, -0.15) is 0 Å². The van der Waals surface area contributed by atoms with E-state index < -0.39 is 4.92 Å². The van der Waals surface area contributed by atoms with Gasteiger partial charge in [0.15, 0.2) is 0 Å². The van der Waals surface area contributed by atoms with E-state index in [-0.39, 0.29) is 5.69 Å². The number of rotatable bonds is 5. The fraction of sp³-hybridized carbons (Fsp3) is 0.0714. The van der Waals surface area contributed by atoms with Gasteiger partial charge in [-0.15, -0.1) is 10.2 Å². The van der Waals surface area contributed by atoms with E-state index in [1.165, 1.54) is 23.9 Å². The maximum atomic E-state index is 10.6. The van der Waals surface area contributed by atoms with Crippen molar-refractivity contribution < 1.29 is 9.34 Å². The summed E-state index contributed by atoms with van der Waals surface area (Å²) in [6.45, 7) is 0. The Bertz CT molecular complexity index is 774. The summed E-state index contributed by atoms with van der Waals surface area (Å²) >= 11 is 1.49. The number of nitro groups is 1. The molecule has 8 heteroatoms. The van der Waals surface area contributed by atoms with Gasteiger partial charge in [-0.25, -0.2) is 4.98 Å². The highest BCUT2D eigenvalue weighted by Gasteiger charge is 2.11. The molecule has 0 N–H and O–H groups in total. The average Bonchev–Trinajstić information content (AvgIpc) is 3.03. The Morgan fingerprint density at radius 3 is 2.64 bits per heavy atom. The third-order valence-electron chi connectivity index (χ3n) is 2.77. The highest BCUT2D eigenvalue weighted by atomic mass is 32.2. The molecule has 0 aliphatic carbocycles. The van der Waals surface area contributed by atoms with Crippen LogP contribution in [-0.4, -0.2) is 20.1 Å². The molecule has 22 heavy (non-hydrogen) atoms. The lowest BCUT2D eigenvalue weighted by Crippen LogP contribution is -1.87. The van der Waals surface area contributed by atoms with E-state index in [1.54, 1.807) is 18.3 Å². The monoisotopic (exact) mass is 314 g/mol. The molecule has 0 saturated heterocycles. The van der Waals surface area contributed by atoms with E-state index in [0.29, 0.717) is 23.1 Å². The summed E-state index contributed by atoms with van der Waals surface area (Å²) in [5.41, 5.74) is 0.668. The van der Waals surface area contributed by atoms with Crippen LogP contribution in [0, 0.1) is 10.1 Å². The van der Waals surface area contributed by atoms with E-state index in [4.69, 9.17) is 4.42 Å². The minimum atomic E-state index is -0.452. The van der Waals surface area contributed by atoms with Crippen molar-refractivity contribution in [1.29, 1.82) is 0 Å². The Morgan fingerprint density at radius 2 is 1.95 bits per heavy atom. The Kier molecular flexibility index (Phi) is 4.10. The van der Waals surface area contributed by atoms with Gasteiger partial charge in [0.1, 0.15) is 0 Å². The van der Waals surface area contributed by atoms with Gasteiger partial charge in [0, 0.05) is 23.9 Å². The molecule has 110 valence electrons. The van der Waals surface area contributed by atoms with Crippen LogP contribution in [0.5, 0.6) is 0 Å². The maximum Gasteiger partial charge on any atom is 0.269 e. The lowest BCUT2D eigenvalue weighted by Gasteiger charge is -1.96. The minimum absolute atomic E-state index is 0.0224. The van der Waals surface area contributed by atoms with Crippen molar-refractivity contribution in [1.82, 2.24) is 15.2 Å². The van der Waals surface area contributed by atoms with Crippen LogP contribution in [0.1, 0.15) is 5.89 Å². The highest BCUT2D eigenvalue weighted by molar-refractivity contribution is 7.98. The van der Waals surface area contributed by atoms with E-state index in [0.717, 1.165) is 5.03 Å². The first-order valence-electron chi connectivity index (χ1n) is 6.33. The number of non-ortho nitro benzene ring substituents is 1. The smallest absolute Gasteiger partial charge is 0.269 e. The Labute approximate surface area is 129 Å². The Hall–Kier alpha value is -2.74. The van der Waals surface area contributed by atoms with Crippen molar-refractivity contribution in [3.8, 4) is 11.5 Å². The van der Waals surface area contributed by atoms with Crippen LogP contribution < -0.4 is 0 Å². The number of aromatic nitrogens is 3. The molecule has 0 amide bonds. The molecule has 0 atom stereocenters. The van der Waals surface area contributed by atoms with Crippen molar-refractivity contribution in [2.24, 2.45) is 0 Å². The van der Waals surface area contributed by atoms with Gasteiger partial charge in [0.05, 0.1) is 15.7 Å². The first kappa shape index (κ1) is 14.2. The number of thioether (sulfide) groups is 1. The van der Waals surface area contributed by atoms with E-state index in [1.807, 2.05) is 18.2 Å². The molecule has 2 aromatic heterocycles. The van der Waals surface area contributed by atoms with Crippen LogP contribution in [-0.2, 0) is 5.75 Å². The third kappa shape index (κ3) is 3.29. The highest BCUT2D eigenvalue weighted by Crippen LogP contribution is 2.24. The lowest BCUT2D eigenvalue weighted by atomic mass is 10.2. The van der Waals surface area contributed by atoms with Crippen molar-refractivity contribution in [2.45, 2.75) is 10.8 Å². The molecule has 2 heterocycles. The van der Waals surface area contributed by atoms with Crippen LogP contribution in [0.4, 0.5) is 5.69 Å². The fourth-order valence-corrected chi connectivity index (χ4v) is 2.42. The van der Waals surface area contributed by atoms with Gasteiger partial charge in [0.2, 0.25) is 11.8 Å². The lowest BCUT2D eigenvalue weighted by molar-refractivity contribution is -0.384. The molecule has 3 aromatic rings. The zero-order valence-corrected chi connectivity index (χ0v) is 12.1. The molecular formula is C14H10N4O3S. The zero-order valence-electron chi connectivity index (χ0n) is 11.2. The number of benzene rings is 1. The summed E-state index contributed by atoms with van der Waals surface area (Å²) in [5.74, 6) is 1.33. The second-order valence-corrected chi connectivity index (χ2v) is 5.26. The van der Waals surface area contributed by atoms with Gasteiger partial charge in [-0.3, -0.25) is 10.1 Å². The van der Waals surface area contributed by atoms with Gasteiger partial charge >= 0.3 is 0 Å². The molecule has 0 radical (unpaired) electrons.